The minimum absolute atomic E-state index is 0.328. The number of aryl methyl sites for hydroxylation is 1. The number of fused-ring (bicyclic) bond motifs is 1. The first-order valence-electron chi connectivity index (χ1n) is 5.82. The average molecular weight is 249 g/mol. The number of carbonyl (C=O) groups excluding carboxylic acids is 1. The first kappa shape index (κ1) is 12.3. The van der Waals surface area contributed by atoms with Gasteiger partial charge in [0.05, 0.1) is 18.9 Å². The van der Waals surface area contributed by atoms with Crippen molar-refractivity contribution >= 4 is 11.6 Å². The molecule has 6 heteroatoms. The lowest BCUT2D eigenvalue weighted by Gasteiger charge is -2.04. The lowest BCUT2D eigenvalue weighted by molar-refractivity contribution is 0.0517. The summed E-state index contributed by atoms with van der Waals surface area (Å²) in [5.41, 5.74) is 1.54. The standard InChI is InChI=1S/C12H15N3O3/c1-4-17-11-10-14-8(3)9(12(16)18-5-2)15(10)7-6-13-11/h6-7H,4-5H2,1-3H3. The molecule has 0 spiro atoms. The quantitative estimate of drug-likeness (QED) is 0.770. The van der Waals surface area contributed by atoms with Gasteiger partial charge in [-0.2, -0.15) is 0 Å². The van der Waals surface area contributed by atoms with Crippen molar-refractivity contribution < 1.29 is 14.3 Å². The molecule has 0 aliphatic rings. The van der Waals surface area contributed by atoms with Crippen LogP contribution in [0.15, 0.2) is 12.4 Å². The summed E-state index contributed by atoms with van der Waals surface area (Å²) in [6, 6.07) is 0. The van der Waals surface area contributed by atoms with Crippen LogP contribution in [0.2, 0.25) is 0 Å². The molecule has 0 aromatic carbocycles. The molecule has 0 atom stereocenters. The van der Waals surface area contributed by atoms with Gasteiger partial charge in [-0.1, -0.05) is 0 Å². The molecule has 2 rings (SSSR count). The minimum Gasteiger partial charge on any atom is -0.475 e. The van der Waals surface area contributed by atoms with E-state index in [1.54, 1.807) is 30.6 Å². The van der Waals surface area contributed by atoms with Crippen molar-refractivity contribution in [1.29, 1.82) is 0 Å². The number of rotatable bonds is 4. The number of imidazole rings is 1. The third-order valence-corrected chi connectivity index (χ3v) is 2.43. The Hall–Kier alpha value is -2.11. The van der Waals surface area contributed by atoms with Crippen LogP contribution in [0.5, 0.6) is 5.88 Å². The molecule has 2 heterocycles. The molecule has 0 aliphatic heterocycles. The second-order valence-electron chi connectivity index (χ2n) is 3.63. The predicted octanol–water partition coefficient (Wildman–Crippen LogP) is 1.61. The highest BCUT2D eigenvalue weighted by molar-refractivity contribution is 5.90. The van der Waals surface area contributed by atoms with E-state index in [9.17, 15) is 4.79 Å². The largest absolute Gasteiger partial charge is 0.475 e. The summed E-state index contributed by atoms with van der Waals surface area (Å²) in [4.78, 5) is 20.3. The average Bonchev–Trinajstić information content (AvgIpc) is 2.67. The van der Waals surface area contributed by atoms with Crippen LogP contribution in [0.4, 0.5) is 0 Å². The summed E-state index contributed by atoms with van der Waals surface area (Å²) < 4.78 is 12.0. The second-order valence-corrected chi connectivity index (χ2v) is 3.63. The number of aromatic nitrogens is 3. The van der Waals surface area contributed by atoms with Crippen LogP contribution in [0.25, 0.3) is 5.65 Å². The Labute approximate surface area is 105 Å². The Balaban J connectivity index is 2.58. The van der Waals surface area contributed by atoms with Crippen LogP contribution in [-0.4, -0.2) is 33.6 Å². The van der Waals surface area contributed by atoms with Crippen LogP contribution in [-0.2, 0) is 4.74 Å². The predicted molar refractivity (Wildman–Crippen MR) is 64.8 cm³/mol. The van der Waals surface area contributed by atoms with E-state index in [0.29, 0.717) is 36.1 Å². The number of ether oxygens (including phenoxy) is 2. The Morgan fingerprint density at radius 1 is 1.39 bits per heavy atom. The van der Waals surface area contributed by atoms with Gasteiger partial charge >= 0.3 is 5.97 Å². The molecular weight excluding hydrogens is 234 g/mol. The summed E-state index contributed by atoms with van der Waals surface area (Å²) in [5, 5.41) is 0. The minimum atomic E-state index is -0.392. The Bertz CT molecular complexity index is 577. The van der Waals surface area contributed by atoms with Crippen molar-refractivity contribution in [2.24, 2.45) is 0 Å². The number of hydrogen-bond donors (Lipinski definition) is 0. The van der Waals surface area contributed by atoms with Crippen molar-refractivity contribution in [3.05, 3.63) is 23.8 Å². The topological polar surface area (TPSA) is 65.7 Å². The van der Waals surface area contributed by atoms with Gasteiger partial charge in [0.15, 0.2) is 5.69 Å². The van der Waals surface area contributed by atoms with Gasteiger partial charge in [-0.15, -0.1) is 0 Å². The van der Waals surface area contributed by atoms with Crippen molar-refractivity contribution in [3.8, 4) is 5.88 Å². The normalized spacial score (nSPS) is 10.6. The van der Waals surface area contributed by atoms with Gasteiger partial charge in [-0.05, 0) is 20.8 Å². The molecule has 0 radical (unpaired) electrons. The summed E-state index contributed by atoms with van der Waals surface area (Å²) in [6.45, 7) is 6.22. The van der Waals surface area contributed by atoms with E-state index in [-0.39, 0.29) is 0 Å². The molecule has 0 saturated carbocycles. The van der Waals surface area contributed by atoms with Gasteiger partial charge in [0.25, 0.3) is 5.88 Å². The molecular formula is C12H15N3O3. The monoisotopic (exact) mass is 249 g/mol. The maximum absolute atomic E-state index is 11.9. The highest BCUT2D eigenvalue weighted by atomic mass is 16.5. The Morgan fingerprint density at radius 3 is 2.83 bits per heavy atom. The fraction of sp³-hybridized carbons (Fsp3) is 0.417. The van der Waals surface area contributed by atoms with Gasteiger partial charge < -0.3 is 9.47 Å². The molecule has 6 nitrogen and oxygen atoms in total. The Kier molecular flexibility index (Phi) is 3.45. The molecule has 0 aliphatic carbocycles. The third-order valence-electron chi connectivity index (χ3n) is 2.43. The number of carbonyl (C=O) groups is 1. The molecule has 18 heavy (non-hydrogen) atoms. The van der Waals surface area contributed by atoms with E-state index in [2.05, 4.69) is 9.97 Å². The summed E-state index contributed by atoms with van der Waals surface area (Å²) >= 11 is 0. The van der Waals surface area contributed by atoms with Crippen LogP contribution in [0.1, 0.15) is 30.0 Å². The van der Waals surface area contributed by atoms with E-state index in [0.717, 1.165) is 0 Å². The van der Waals surface area contributed by atoms with E-state index in [1.807, 2.05) is 6.92 Å². The van der Waals surface area contributed by atoms with Gasteiger partial charge in [-0.25, -0.2) is 14.8 Å². The van der Waals surface area contributed by atoms with Crippen molar-refractivity contribution in [2.75, 3.05) is 13.2 Å². The lowest BCUT2D eigenvalue weighted by atomic mass is 10.3. The molecule has 0 bridgehead atoms. The first-order chi connectivity index (χ1) is 8.69. The van der Waals surface area contributed by atoms with Crippen molar-refractivity contribution in [2.45, 2.75) is 20.8 Å². The van der Waals surface area contributed by atoms with Gasteiger partial charge in [0, 0.05) is 12.4 Å². The number of hydrogen-bond acceptors (Lipinski definition) is 5. The van der Waals surface area contributed by atoms with Crippen LogP contribution in [0, 0.1) is 6.92 Å². The smallest absolute Gasteiger partial charge is 0.357 e. The summed E-state index contributed by atoms with van der Waals surface area (Å²) in [6.07, 6.45) is 3.24. The molecule has 96 valence electrons. The highest BCUT2D eigenvalue weighted by Crippen LogP contribution is 2.20. The first-order valence-corrected chi connectivity index (χ1v) is 5.82. The van der Waals surface area contributed by atoms with E-state index in [1.165, 1.54) is 0 Å². The molecule has 0 fully saturated rings. The summed E-state index contributed by atoms with van der Waals surface area (Å²) in [5.74, 6) is 0.0230. The van der Waals surface area contributed by atoms with E-state index < -0.39 is 5.97 Å². The van der Waals surface area contributed by atoms with Gasteiger partial charge in [-0.3, -0.25) is 4.40 Å². The zero-order valence-electron chi connectivity index (χ0n) is 10.6. The van der Waals surface area contributed by atoms with Crippen LogP contribution >= 0.6 is 0 Å². The fourth-order valence-electron chi connectivity index (χ4n) is 1.75. The van der Waals surface area contributed by atoms with Crippen molar-refractivity contribution in [3.63, 3.8) is 0 Å². The SMILES string of the molecule is CCOC(=O)c1c(C)nc2c(OCC)nccn12. The number of nitrogens with zero attached hydrogens (tertiary/aromatic N) is 3. The molecule has 0 N–H and O–H groups in total. The van der Waals surface area contributed by atoms with Gasteiger partial charge in [0.1, 0.15) is 0 Å². The second kappa shape index (κ2) is 5.03. The molecule has 2 aromatic rings. The molecule has 0 unspecified atom stereocenters. The molecule has 0 amide bonds. The summed E-state index contributed by atoms with van der Waals surface area (Å²) in [7, 11) is 0. The molecule has 0 saturated heterocycles. The third kappa shape index (κ3) is 2.01. The fourth-order valence-corrected chi connectivity index (χ4v) is 1.75. The zero-order chi connectivity index (χ0) is 13.1. The van der Waals surface area contributed by atoms with E-state index in [4.69, 9.17) is 9.47 Å². The maximum Gasteiger partial charge on any atom is 0.357 e. The zero-order valence-corrected chi connectivity index (χ0v) is 10.6. The van der Waals surface area contributed by atoms with Crippen molar-refractivity contribution in [1.82, 2.24) is 14.4 Å². The van der Waals surface area contributed by atoms with Crippen LogP contribution < -0.4 is 4.74 Å². The maximum atomic E-state index is 11.9. The molecule has 2 aromatic heterocycles. The lowest BCUT2D eigenvalue weighted by Crippen LogP contribution is -2.09. The Morgan fingerprint density at radius 2 is 2.17 bits per heavy atom. The highest BCUT2D eigenvalue weighted by Gasteiger charge is 2.20. The van der Waals surface area contributed by atoms with Gasteiger partial charge in [0.2, 0.25) is 5.65 Å². The van der Waals surface area contributed by atoms with Crippen LogP contribution in [0.3, 0.4) is 0 Å². The van der Waals surface area contributed by atoms with E-state index >= 15 is 0 Å². The number of esters is 1.